The molecular formula is C23H25ClN2O. The first-order valence-electron chi connectivity index (χ1n) is 10.0. The van der Waals surface area contributed by atoms with Gasteiger partial charge in [-0.25, -0.2) is 0 Å². The van der Waals surface area contributed by atoms with Crippen molar-refractivity contribution in [2.45, 2.75) is 50.5 Å². The summed E-state index contributed by atoms with van der Waals surface area (Å²) in [4.78, 5) is 17.4. The quantitative estimate of drug-likeness (QED) is 0.820. The zero-order chi connectivity index (χ0) is 18.5. The van der Waals surface area contributed by atoms with Gasteiger partial charge in [-0.1, -0.05) is 23.7 Å². The topological polar surface area (TPSA) is 42.0 Å². The van der Waals surface area contributed by atoms with E-state index >= 15 is 0 Å². The van der Waals surface area contributed by atoms with Crippen molar-refractivity contribution < 1.29 is 4.79 Å². The molecule has 1 aromatic heterocycles. The standard InChI is InChI=1S/C23H25ClN2O/c24-20-3-1-19(2-4-20)22-10-17-9-18(11-22)13-23(12-17,15-22)21(27)26-14-16-5-7-25-8-6-16/h1-8,17-18H,9-15H2,(H,26,27)/t17-,18?,22?,23?/m0/s1. The lowest BCUT2D eigenvalue weighted by molar-refractivity contribution is -0.149. The fourth-order valence-electron chi connectivity index (χ4n) is 6.54. The van der Waals surface area contributed by atoms with Crippen LogP contribution in [0.2, 0.25) is 5.02 Å². The molecule has 0 spiro atoms. The van der Waals surface area contributed by atoms with Crippen LogP contribution in [-0.2, 0) is 16.8 Å². The molecule has 4 aliphatic carbocycles. The Morgan fingerprint density at radius 1 is 1.04 bits per heavy atom. The zero-order valence-corrected chi connectivity index (χ0v) is 16.2. The molecule has 4 saturated carbocycles. The molecule has 4 fully saturated rings. The molecule has 4 heteroatoms. The summed E-state index contributed by atoms with van der Waals surface area (Å²) in [6.07, 6.45) is 10.4. The fraction of sp³-hybridized carbons (Fsp3) is 0.478. The minimum Gasteiger partial charge on any atom is -0.352 e. The van der Waals surface area contributed by atoms with Crippen LogP contribution in [0.25, 0.3) is 0 Å². The van der Waals surface area contributed by atoms with E-state index in [1.165, 1.54) is 24.8 Å². The maximum absolute atomic E-state index is 13.3. The molecule has 1 amide bonds. The number of benzene rings is 1. The number of halogens is 1. The third kappa shape index (κ3) is 2.97. The third-order valence-corrected chi connectivity index (χ3v) is 7.45. The minimum absolute atomic E-state index is 0.155. The van der Waals surface area contributed by atoms with Crippen LogP contribution in [0, 0.1) is 17.3 Å². The number of nitrogens with zero attached hydrogens (tertiary/aromatic N) is 1. The molecule has 2 aromatic rings. The number of aromatic nitrogens is 1. The van der Waals surface area contributed by atoms with Crippen LogP contribution >= 0.6 is 11.6 Å². The number of carbonyl (C=O) groups excluding carboxylic acids is 1. The number of amides is 1. The van der Waals surface area contributed by atoms with Crippen molar-refractivity contribution in [1.82, 2.24) is 10.3 Å². The molecule has 0 radical (unpaired) electrons. The fourth-order valence-corrected chi connectivity index (χ4v) is 6.67. The monoisotopic (exact) mass is 380 g/mol. The van der Waals surface area contributed by atoms with Crippen LogP contribution in [0.5, 0.6) is 0 Å². The second-order valence-electron chi connectivity index (χ2n) is 9.07. The van der Waals surface area contributed by atoms with Gasteiger partial charge < -0.3 is 5.32 Å². The number of nitrogens with one attached hydrogen (secondary N) is 1. The molecule has 1 aromatic carbocycles. The van der Waals surface area contributed by atoms with Crippen molar-refractivity contribution >= 4 is 17.5 Å². The molecule has 0 saturated heterocycles. The molecular weight excluding hydrogens is 356 g/mol. The van der Waals surface area contributed by atoms with Crippen LogP contribution in [0.15, 0.2) is 48.8 Å². The average molecular weight is 381 g/mol. The summed E-state index contributed by atoms with van der Waals surface area (Å²) < 4.78 is 0. The van der Waals surface area contributed by atoms with E-state index in [4.69, 9.17) is 11.6 Å². The number of carbonyl (C=O) groups is 1. The Labute approximate surface area is 165 Å². The second-order valence-corrected chi connectivity index (χ2v) is 9.50. The summed E-state index contributed by atoms with van der Waals surface area (Å²) in [7, 11) is 0. The molecule has 1 heterocycles. The normalized spacial score (nSPS) is 33.8. The first-order chi connectivity index (χ1) is 13.1. The predicted molar refractivity (Wildman–Crippen MR) is 106 cm³/mol. The molecule has 3 nitrogen and oxygen atoms in total. The van der Waals surface area contributed by atoms with Gasteiger partial charge in [0.15, 0.2) is 0 Å². The lowest BCUT2D eigenvalue weighted by atomic mass is 9.42. The summed E-state index contributed by atoms with van der Waals surface area (Å²) in [5.74, 6) is 1.61. The second kappa shape index (κ2) is 6.34. The molecule has 27 heavy (non-hydrogen) atoms. The summed E-state index contributed by atoms with van der Waals surface area (Å²) in [6, 6.07) is 12.3. The highest BCUT2D eigenvalue weighted by Crippen LogP contribution is 2.65. The van der Waals surface area contributed by atoms with Gasteiger partial charge >= 0.3 is 0 Å². The van der Waals surface area contributed by atoms with Crippen molar-refractivity contribution in [3.63, 3.8) is 0 Å². The maximum atomic E-state index is 13.3. The van der Waals surface area contributed by atoms with Gasteiger partial charge in [0.1, 0.15) is 0 Å². The Bertz CT molecular complexity index is 834. The number of hydrogen-bond donors (Lipinski definition) is 1. The average Bonchev–Trinajstić information content (AvgIpc) is 2.66. The van der Waals surface area contributed by atoms with Gasteiger partial charge in [0, 0.05) is 24.0 Å². The van der Waals surface area contributed by atoms with Gasteiger partial charge in [-0.2, -0.15) is 0 Å². The van der Waals surface area contributed by atoms with Gasteiger partial charge in [-0.3, -0.25) is 9.78 Å². The highest BCUT2D eigenvalue weighted by Gasteiger charge is 2.60. The molecule has 3 unspecified atom stereocenters. The van der Waals surface area contributed by atoms with Crippen molar-refractivity contribution in [3.05, 3.63) is 64.9 Å². The number of rotatable bonds is 4. The van der Waals surface area contributed by atoms with E-state index in [9.17, 15) is 4.79 Å². The molecule has 6 rings (SSSR count). The highest BCUT2D eigenvalue weighted by atomic mass is 35.5. The summed E-state index contributed by atoms with van der Waals surface area (Å²) >= 11 is 6.13. The van der Waals surface area contributed by atoms with E-state index in [1.807, 2.05) is 24.3 Å². The number of hydrogen-bond acceptors (Lipinski definition) is 2. The van der Waals surface area contributed by atoms with Crippen molar-refractivity contribution in [1.29, 1.82) is 0 Å². The van der Waals surface area contributed by atoms with Crippen molar-refractivity contribution in [2.24, 2.45) is 17.3 Å². The largest absolute Gasteiger partial charge is 0.352 e. The third-order valence-electron chi connectivity index (χ3n) is 7.20. The Morgan fingerprint density at radius 2 is 1.70 bits per heavy atom. The number of pyridine rings is 1. The van der Waals surface area contributed by atoms with Gasteiger partial charge in [0.25, 0.3) is 0 Å². The summed E-state index contributed by atoms with van der Waals surface area (Å²) in [5.41, 5.74) is 2.45. The van der Waals surface area contributed by atoms with Crippen molar-refractivity contribution in [2.75, 3.05) is 0 Å². The zero-order valence-electron chi connectivity index (χ0n) is 15.5. The Morgan fingerprint density at radius 3 is 2.37 bits per heavy atom. The molecule has 4 aliphatic rings. The molecule has 0 aliphatic heterocycles. The Kier molecular flexibility index (Phi) is 4.05. The molecule has 4 bridgehead atoms. The lowest BCUT2D eigenvalue weighted by Crippen LogP contribution is -2.59. The van der Waals surface area contributed by atoms with Crippen molar-refractivity contribution in [3.8, 4) is 0 Å². The molecule has 140 valence electrons. The van der Waals surface area contributed by atoms with Crippen LogP contribution < -0.4 is 5.32 Å². The van der Waals surface area contributed by atoms with E-state index in [-0.39, 0.29) is 16.7 Å². The Hall–Kier alpha value is -1.87. The van der Waals surface area contributed by atoms with E-state index < -0.39 is 0 Å². The SMILES string of the molecule is O=C(NCc1ccncc1)C12CC3C[C@H](C1)CC(c1ccc(Cl)cc1)(C3)C2. The van der Waals surface area contributed by atoms with Crippen LogP contribution in [-0.4, -0.2) is 10.9 Å². The van der Waals surface area contributed by atoms with Crippen LogP contribution in [0.1, 0.15) is 49.7 Å². The van der Waals surface area contributed by atoms with Gasteiger partial charge in [-0.15, -0.1) is 0 Å². The maximum Gasteiger partial charge on any atom is 0.226 e. The van der Waals surface area contributed by atoms with Gasteiger partial charge in [-0.05, 0) is 91.2 Å². The lowest BCUT2D eigenvalue weighted by Gasteiger charge is -2.61. The predicted octanol–water partition coefficient (Wildman–Crippen LogP) is 4.89. The highest BCUT2D eigenvalue weighted by molar-refractivity contribution is 6.30. The van der Waals surface area contributed by atoms with E-state index in [0.29, 0.717) is 18.4 Å². The van der Waals surface area contributed by atoms with E-state index in [0.717, 1.165) is 29.8 Å². The molecule has 4 atom stereocenters. The first-order valence-corrected chi connectivity index (χ1v) is 10.4. The summed E-state index contributed by atoms with van der Waals surface area (Å²) in [5, 5.41) is 4.03. The first kappa shape index (κ1) is 17.2. The van der Waals surface area contributed by atoms with E-state index in [1.54, 1.807) is 12.4 Å². The minimum atomic E-state index is -0.198. The molecule has 1 N–H and O–H groups in total. The van der Waals surface area contributed by atoms with Gasteiger partial charge in [0.05, 0.1) is 5.41 Å². The van der Waals surface area contributed by atoms with Crippen LogP contribution in [0.3, 0.4) is 0 Å². The smallest absolute Gasteiger partial charge is 0.226 e. The van der Waals surface area contributed by atoms with E-state index in [2.05, 4.69) is 22.4 Å². The Balaban J connectivity index is 1.41. The summed E-state index contributed by atoms with van der Waals surface area (Å²) in [6.45, 7) is 0.590. The van der Waals surface area contributed by atoms with Crippen LogP contribution in [0.4, 0.5) is 0 Å². The van der Waals surface area contributed by atoms with Gasteiger partial charge in [0.2, 0.25) is 5.91 Å².